The third-order valence-electron chi connectivity index (χ3n) is 3.22. The third-order valence-corrected chi connectivity index (χ3v) is 3.22. The molecule has 7 nitrogen and oxygen atoms in total. The van der Waals surface area contributed by atoms with Gasteiger partial charge < -0.3 is 10.4 Å². The number of rotatable bonds is 6. The maximum atomic E-state index is 11.9. The third kappa shape index (κ3) is 4.37. The van der Waals surface area contributed by atoms with Crippen LogP contribution in [0.5, 0.6) is 0 Å². The number of benzene rings is 2. The molecule has 0 aromatic heterocycles. The molecular weight excluding hydrogens is 300 g/mol. The summed E-state index contributed by atoms with van der Waals surface area (Å²) >= 11 is 0. The van der Waals surface area contributed by atoms with Gasteiger partial charge >= 0.3 is 5.97 Å². The molecule has 0 saturated carbocycles. The molecule has 7 heteroatoms. The van der Waals surface area contributed by atoms with Crippen LogP contribution in [0.2, 0.25) is 0 Å². The van der Waals surface area contributed by atoms with E-state index in [1.807, 2.05) is 0 Å². The van der Waals surface area contributed by atoms with E-state index >= 15 is 0 Å². The number of aryl methyl sites for hydroxylation is 1. The van der Waals surface area contributed by atoms with Gasteiger partial charge in [0.15, 0.2) is 0 Å². The maximum Gasteiger partial charge on any atom is 0.337 e. The average molecular weight is 314 g/mol. The van der Waals surface area contributed by atoms with Crippen molar-refractivity contribution in [1.82, 2.24) is 0 Å². The molecule has 2 aromatic carbocycles. The van der Waals surface area contributed by atoms with Gasteiger partial charge in [0.1, 0.15) is 0 Å². The number of nitrogens with one attached hydrogen (secondary N) is 1. The second-order valence-electron chi connectivity index (χ2n) is 4.82. The van der Waals surface area contributed by atoms with Gasteiger partial charge in [-0.25, -0.2) is 4.79 Å². The first-order valence-electron chi connectivity index (χ1n) is 6.83. The molecular formula is C16H14N2O5. The van der Waals surface area contributed by atoms with E-state index in [-0.39, 0.29) is 29.3 Å². The molecule has 2 rings (SSSR count). The molecule has 118 valence electrons. The zero-order chi connectivity index (χ0) is 16.8. The monoisotopic (exact) mass is 314 g/mol. The second-order valence-corrected chi connectivity index (χ2v) is 4.82. The van der Waals surface area contributed by atoms with Crippen LogP contribution in [0.4, 0.5) is 11.4 Å². The van der Waals surface area contributed by atoms with Crippen LogP contribution in [-0.2, 0) is 11.2 Å². The number of nitrogens with zero attached hydrogens (tertiary/aromatic N) is 1. The molecule has 0 aliphatic rings. The number of nitro benzene ring substituents is 1. The Hall–Kier alpha value is -3.22. The molecule has 0 aliphatic carbocycles. The Bertz CT molecular complexity index is 740. The first kappa shape index (κ1) is 16.2. The molecule has 2 N–H and O–H groups in total. The number of hydrogen-bond acceptors (Lipinski definition) is 4. The number of aromatic carboxylic acids is 1. The highest BCUT2D eigenvalue weighted by Crippen LogP contribution is 2.16. The summed E-state index contributed by atoms with van der Waals surface area (Å²) in [5.41, 5.74) is 1.05. The number of amides is 1. The first-order chi connectivity index (χ1) is 11.0. The topological polar surface area (TPSA) is 110 Å². The van der Waals surface area contributed by atoms with Gasteiger partial charge in [0.25, 0.3) is 5.69 Å². The van der Waals surface area contributed by atoms with Gasteiger partial charge in [-0.3, -0.25) is 14.9 Å². The minimum atomic E-state index is -1.11. The predicted octanol–water partition coefficient (Wildman–Crippen LogP) is 2.86. The van der Waals surface area contributed by atoms with E-state index in [0.717, 1.165) is 5.56 Å². The Morgan fingerprint density at radius 2 is 1.74 bits per heavy atom. The van der Waals surface area contributed by atoms with Gasteiger partial charge in [-0.05, 0) is 24.1 Å². The van der Waals surface area contributed by atoms with E-state index in [4.69, 9.17) is 5.11 Å². The lowest BCUT2D eigenvalue weighted by Gasteiger charge is -2.08. The summed E-state index contributed by atoms with van der Waals surface area (Å²) in [6.07, 6.45) is 0.546. The van der Waals surface area contributed by atoms with Crippen molar-refractivity contribution in [2.75, 3.05) is 5.32 Å². The molecule has 0 fully saturated rings. The van der Waals surface area contributed by atoms with E-state index in [9.17, 15) is 19.7 Å². The van der Waals surface area contributed by atoms with Crippen LogP contribution in [-0.4, -0.2) is 21.9 Å². The van der Waals surface area contributed by atoms with Crippen LogP contribution >= 0.6 is 0 Å². The summed E-state index contributed by atoms with van der Waals surface area (Å²) in [7, 11) is 0. The van der Waals surface area contributed by atoms with Crippen molar-refractivity contribution in [2.24, 2.45) is 0 Å². The Morgan fingerprint density at radius 1 is 1.09 bits per heavy atom. The Kier molecular flexibility index (Phi) is 5.03. The molecule has 1 amide bonds. The van der Waals surface area contributed by atoms with Crippen molar-refractivity contribution < 1.29 is 19.6 Å². The molecule has 0 saturated heterocycles. The summed E-state index contributed by atoms with van der Waals surface area (Å²) in [6.45, 7) is 0. The van der Waals surface area contributed by atoms with Crippen LogP contribution in [0.25, 0.3) is 0 Å². The number of carboxylic acid groups (broad SMARTS) is 1. The SMILES string of the molecule is O=C(CCc1ccc([N+](=O)[O-])cc1)Nc1ccccc1C(=O)O. The summed E-state index contributed by atoms with van der Waals surface area (Å²) in [5.74, 6) is -1.44. The van der Waals surface area contributed by atoms with Crippen molar-refractivity contribution in [3.63, 3.8) is 0 Å². The molecule has 0 spiro atoms. The van der Waals surface area contributed by atoms with Crippen LogP contribution in [0.1, 0.15) is 22.3 Å². The van der Waals surface area contributed by atoms with Crippen molar-refractivity contribution in [3.8, 4) is 0 Å². The molecule has 0 aliphatic heterocycles. The van der Waals surface area contributed by atoms with Crippen LogP contribution in [0.15, 0.2) is 48.5 Å². The number of hydrogen-bond donors (Lipinski definition) is 2. The average Bonchev–Trinajstić information content (AvgIpc) is 2.53. The lowest BCUT2D eigenvalue weighted by Crippen LogP contribution is -2.15. The van der Waals surface area contributed by atoms with Crippen molar-refractivity contribution >= 4 is 23.3 Å². The molecule has 23 heavy (non-hydrogen) atoms. The van der Waals surface area contributed by atoms with E-state index in [1.165, 1.54) is 24.3 Å². The summed E-state index contributed by atoms with van der Waals surface area (Å²) in [6, 6.07) is 12.1. The number of carboxylic acids is 1. The second kappa shape index (κ2) is 7.17. The Labute approximate surface area is 131 Å². The molecule has 0 heterocycles. The van der Waals surface area contributed by atoms with E-state index < -0.39 is 10.9 Å². The summed E-state index contributed by atoms with van der Waals surface area (Å²) in [5, 5.41) is 22.2. The molecule has 2 aromatic rings. The van der Waals surface area contributed by atoms with Crippen LogP contribution in [0.3, 0.4) is 0 Å². The van der Waals surface area contributed by atoms with E-state index in [0.29, 0.717) is 6.42 Å². The summed E-state index contributed by atoms with van der Waals surface area (Å²) < 4.78 is 0. The number of nitro groups is 1. The highest BCUT2D eigenvalue weighted by molar-refractivity contribution is 6.00. The summed E-state index contributed by atoms with van der Waals surface area (Å²) in [4.78, 5) is 33.1. The van der Waals surface area contributed by atoms with Crippen LogP contribution in [0, 0.1) is 10.1 Å². The van der Waals surface area contributed by atoms with E-state index in [1.54, 1.807) is 24.3 Å². The number of para-hydroxylation sites is 1. The fourth-order valence-electron chi connectivity index (χ4n) is 2.03. The largest absolute Gasteiger partial charge is 0.478 e. The Morgan fingerprint density at radius 3 is 2.35 bits per heavy atom. The quantitative estimate of drug-likeness (QED) is 0.629. The fourth-order valence-corrected chi connectivity index (χ4v) is 2.03. The fraction of sp³-hybridized carbons (Fsp3) is 0.125. The molecule has 0 bridgehead atoms. The lowest BCUT2D eigenvalue weighted by molar-refractivity contribution is -0.384. The minimum absolute atomic E-state index is 0.00594. The zero-order valence-electron chi connectivity index (χ0n) is 12.1. The number of anilines is 1. The van der Waals surface area contributed by atoms with Gasteiger partial charge in [-0.1, -0.05) is 24.3 Å². The smallest absolute Gasteiger partial charge is 0.337 e. The predicted molar refractivity (Wildman–Crippen MR) is 83.4 cm³/mol. The van der Waals surface area contributed by atoms with Crippen molar-refractivity contribution in [3.05, 3.63) is 69.8 Å². The van der Waals surface area contributed by atoms with Gasteiger partial charge in [-0.2, -0.15) is 0 Å². The van der Waals surface area contributed by atoms with Gasteiger partial charge in [0.2, 0.25) is 5.91 Å². The van der Waals surface area contributed by atoms with E-state index in [2.05, 4.69) is 5.32 Å². The maximum absolute atomic E-state index is 11.9. The van der Waals surface area contributed by atoms with Gasteiger partial charge in [0, 0.05) is 18.6 Å². The molecule has 0 unspecified atom stereocenters. The van der Waals surface area contributed by atoms with Gasteiger partial charge in [0.05, 0.1) is 16.2 Å². The number of carbonyl (C=O) groups excluding carboxylic acids is 1. The lowest BCUT2D eigenvalue weighted by atomic mass is 10.1. The van der Waals surface area contributed by atoms with Crippen molar-refractivity contribution in [2.45, 2.75) is 12.8 Å². The normalized spacial score (nSPS) is 10.1. The highest BCUT2D eigenvalue weighted by Gasteiger charge is 2.12. The standard InChI is InChI=1S/C16H14N2O5/c19-15(17-14-4-2-1-3-13(14)16(20)21)10-7-11-5-8-12(9-6-11)18(22)23/h1-6,8-9H,7,10H2,(H,17,19)(H,20,21). The Balaban J connectivity index is 1.95. The van der Waals surface area contributed by atoms with Crippen LogP contribution < -0.4 is 5.32 Å². The minimum Gasteiger partial charge on any atom is -0.478 e. The van der Waals surface area contributed by atoms with Crippen molar-refractivity contribution in [1.29, 1.82) is 0 Å². The highest BCUT2D eigenvalue weighted by atomic mass is 16.6. The first-order valence-corrected chi connectivity index (χ1v) is 6.83. The molecule has 0 radical (unpaired) electrons. The number of non-ortho nitro benzene ring substituents is 1. The number of carbonyl (C=O) groups is 2. The zero-order valence-corrected chi connectivity index (χ0v) is 12.1. The molecule has 0 atom stereocenters. The van der Waals surface area contributed by atoms with Gasteiger partial charge in [-0.15, -0.1) is 0 Å².